The zero-order valence-corrected chi connectivity index (χ0v) is 11.6. The lowest BCUT2D eigenvalue weighted by molar-refractivity contribution is -0.136. The van der Waals surface area contributed by atoms with Crippen LogP contribution in [0.25, 0.3) is 0 Å². The summed E-state index contributed by atoms with van der Waals surface area (Å²) in [5, 5.41) is 10.8. The normalized spacial score (nSPS) is 10.5. The van der Waals surface area contributed by atoms with Crippen molar-refractivity contribution < 1.29 is 9.90 Å². The van der Waals surface area contributed by atoms with Gasteiger partial charge in [-0.3, -0.25) is 4.79 Å². The highest BCUT2D eigenvalue weighted by molar-refractivity contribution is 8.01. The molecule has 2 rings (SSSR count). The van der Waals surface area contributed by atoms with Crippen molar-refractivity contribution in [1.82, 2.24) is 4.98 Å². The van der Waals surface area contributed by atoms with Crippen LogP contribution >= 0.6 is 23.1 Å². The van der Waals surface area contributed by atoms with Crippen LogP contribution in [0.5, 0.6) is 0 Å². The molecule has 0 aliphatic carbocycles. The SMILES string of the molecule is CCc1csc(Sc2ccc(CC(=O)O)cc2)n1. The number of aryl methyl sites for hydroxylation is 1. The monoisotopic (exact) mass is 279 g/mol. The quantitative estimate of drug-likeness (QED) is 0.910. The Kier molecular flexibility index (Phi) is 4.38. The molecule has 1 N–H and O–H groups in total. The van der Waals surface area contributed by atoms with Crippen molar-refractivity contribution in [3.63, 3.8) is 0 Å². The predicted molar refractivity (Wildman–Crippen MR) is 73.4 cm³/mol. The van der Waals surface area contributed by atoms with E-state index in [2.05, 4.69) is 17.3 Å². The fraction of sp³-hybridized carbons (Fsp3) is 0.231. The molecular weight excluding hydrogens is 266 g/mol. The number of carboxylic acid groups (broad SMARTS) is 1. The minimum Gasteiger partial charge on any atom is -0.481 e. The van der Waals surface area contributed by atoms with Crippen molar-refractivity contribution in [2.24, 2.45) is 0 Å². The third-order valence-corrected chi connectivity index (χ3v) is 4.37. The molecule has 0 saturated heterocycles. The summed E-state index contributed by atoms with van der Waals surface area (Å²) in [6, 6.07) is 7.58. The third kappa shape index (κ3) is 3.58. The minimum atomic E-state index is -0.803. The van der Waals surface area contributed by atoms with Crippen LogP contribution in [0.15, 0.2) is 38.9 Å². The lowest BCUT2D eigenvalue weighted by Gasteiger charge is -2.00. The summed E-state index contributed by atoms with van der Waals surface area (Å²) in [6.07, 6.45) is 1.02. The molecule has 0 fully saturated rings. The topological polar surface area (TPSA) is 50.2 Å². The first-order valence-corrected chi connectivity index (χ1v) is 7.30. The van der Waals surface area contributed by atoms with Gasteiger partial charge in [0, 0.05) is 10.3 Å². The van der Waals surface area contributed by atoms with E-state index >= 15 is 0 Å². The summed E-state index contributed by atoms with van der Waals surface area (Å²) in [6.45, 7) is 2.09. The number of carboxylic acids is 1. The van der Waals surface area contributed by atoms with Gasteiger partial charge in [-0.05, 0) is 24.1 Å². The van der Waals surface area contributed by atoms with E-state index in [1.807, 2.05) is 24.3 Å². The van der Waals surface area contributed by atoms with Gasteiger partial charge in [-0.2, -0.15) is 0 Å². The molecule has 0 radical (unpaired) electrons. The number of rotatable bonds is 5. The zero-order chi connectivity index (χ0) is 13.0. The number of hydrogen-bond donors (Lipinski definition) is 1. The smallest absolute Gasteiger partial charge is 0.307 e. The summed E-state index contributed by atoms with van der Waals surface area (Å²) < 4.78 is 1.03. The highest BCUT2D eigenvalue weighted by Crippen LogP contribution is 2.30. The van der Waals surface area contributed by atoms with Gasteiger partial charge in [-0.25, -0.2) is 4.98 Å². The van der Waals surface area contributed by atoms with E-state index in [0.717, 1.165) is 26.9 Å². The lowest BCUT2D eigenvalue weighted by atomic mass is 10.2. The number of hydrogen-bond acceptors (Lipinski definition) is 4. The van der Waals surface area contributed by atoms with E-state index in [0.29, 0.717) is 0 Å². The molecule has 1 aromatic carbocycles. The fourth-order valence-electron chi connectivity index (χ4n) is 1.45. The van der Waals surface area contributed by atoms with Crippen molar-refractivity contribution >= 4 is 29.1 Å². The number of aromatic nitrogens is 1. The molecule has 0 amide bonds. The van der Waals surface area contributed by atoms with E-state index in [1.54, 1.807) is 23.1 Å². The van der Waals surface area contributed by atoms with E-state index in [4.69, 9.17) is 5.11 Å². The molecule has 0 bridgehead atoms. The Balaban J connectivity index is 2.03. The van der Waals surface area contributed by atoms with E-state index in [-0.39, 0.29) is 6.42 Å². The van der Waals surface area contributed by atoms with Crippen LogP contribution in [0.3, 0.4) is 0 Å². The summed E-state index contributed by atoms with van der Waals surface area (Å²) in [5.41, 5.74) is 1.94. The Morgan fingerprint density at radius 3 is 2.67 bits per heavy atom. The molecule has 94 valence electrons. The van der Waals surface area contributed by atoms with Crippen molar-refractivity contribution in [1.29, 1.82) is 0 Å². The summed E-state index contributed by atoms with van der Waals surface area (Å²) in [7, 11) is 0. The van der Waals surface area contributed by atoms with Gasteiger partial charge >= 0.3 is 5.97 Å². The maximum absolute atomic E-state index is 10.6. The molecule has 2 aromatic rings. The largest absolute Gasteiger partial charge is 0.481 e. The second kappa shape index (κ2) is 6.02. The molecule has 18 heavy (non-hydrogen) atoms. The van der Waals surface area contributed by atoms with Gasteiger partial charge in [-0.15, -0.1) is 11.3 Å². The van der Waals surface area contributed by atoms with Crippen molar-refractivity contribution in [3.8, 4) is 0 Å². The first-order chi connectivity index (χ1) is 8.67. The van der Waals surface area contributed by atoms with Gasteiger partial charge in [-0.1, -0.05) is 30.8 Å². The van der Waals surface area contributed by atoms with Crippen LogP contribution < -0.4 is 0 Å². The van der Waals surface area contributed by atoms with Gasteiger partial charge in [0.05, 0.1) is 12.1 Å². The predicted octanol–water partition coefficient (Wildman–Crippen LogP) is 3.48. The number of aliphatic carboxylic acids is 1. The Labute approximate surface area is 114 Å². The second-order valence-electron chi connectivity index (χ2n) is 3.77. The third-order valence-electron chi connectivity index (χ3n) is 2.38. The van der Waals surface area contributed by atoms with E-state index in [1.165, 1.54) is 0 Å². The van der Waals surface area contributed by atoms with Gasteiger partial charge in [0.15, 0.2) is 4.34 Å². The van der Waals surface area contributed by atoms with E-state index < -0.39 is 5.97 Å². The highest BCUT2D eigenvalue weighted by atomic mass is 32.2. The van der Waals surface area contributed by atoms with Gasteiger partial charge < -0.3 is 5.11 Å². The number of thiazole rings is 1. The van der Waals surface area contributed by atoms with Gasteiger partial charge in [0.25, 0.3) is 0 Å². The van der Waals surface area contributed by atoms with Gasteiger partial charge in [0.2, 0.25) is 0 Å². The number of benzene rings is 1. The number of nitrogens with zero attached hydrogens (tertiary/aromatic N) is 1. The Morgan fingerprint density at radius 1 is 1.39 bits per heavy atom. The molecule has 1 heterocycles. The molecule has 0 aliphatic heterocycles. The van der Waals surface area contributed by atoms with Crippen LogP contribution in [0, 0.1) is 0 Å². The molecule has 0 saturated carbocycles. The van der Waals surface area contributed by atoms with Gasteiger partial charge in [0.1, 0.15) is 0 Å². The minimum absolute atomic E-state index is 0.0716. The summed E-state index contributed by atoms with van der Waals surface area (Å²) in [4.78, 5) is 16.1. The Bertz CT molecular complexity index is 534. The molecule has 0 spiro atoms. The van der Waals surface area contributed by atoms with Crippen molar-refractivity contribution in [2.45, 2.75) is 29.0 Å². The zero-order valence-electron chi connectivity index (χ0n) is 9.92. The molecule has 5 heteroatoms. The van der Waals surface area contributed by atoms with Crippen LogP contribution in [-0.2, 0) is 17.6 Å². The molecule has 3 nitrogen and oxygen atoms in total. The van der Waals surface area contributed by atoms with Crippen LogP contribution in [0.2, 0.25) is 0 Å². The standard InChI is InChI=1S/C13H13NO2S2/c1-2-10-8-17-13(14-10)18-11-5-3-9(4-6-11)7-12(15)16/h3-6,8H,2,7H2,1H3,(H,15,16). The Morgan fingerprint density at radius 2 is 2.11 bits per heavy atom. The molecule has 0 aliphatic rings. The average Bonchev–Trinajstić information content (AvgIpc) is 2.79. The summed E-state index contributed by atoms with van der Waals surface area (Å²) in [5.74, 6) is -0.803. The molecular formula is C13H13NO2S2. The average molecular weight is 279 g/mol. The van der Waals surface area contributed by atoms with E-state index in [9.17, 15) is 4.79 Å². The lowest BCUT2D eigenvalue weighted by Crippen LogP contribution is -1.99. The van der Waals surface area contributed by atoms with Crippen LogP contribution in [0.1, 0.15) is 18.2 Å². The Hall–Kier alpha value is -1.33. The molecule has 1 aromatic heterocycles. The van der Waals surface area contributed by atoms with Crippen molar-refractivity contribution in [2.75, 3.05) is 0 Å². The second-order valence-corrected chi connectivity index (χ2v) is 5.95. The maximum Gasteiger partial charge on any atom is 0.307 e. The number of carbonyl (C=O) groups is 1. The summed E-state index contributed by atoms with van der Waals surface area (Å²) >= 11 is 3.25. The van der Waals surface area contributed by atoms with Crippen LogP contribution in [0.4, 0.5) is 0 Å². The first kappa shape index (κ1) is 13.1. The highest BCUT2D eigenvalue weighted by Gasteiger charge is 2.04. The van der Waals surface area contributed by atoms with Crippen molar-refractivity contribution in [3.05, 3.63) is 40.9 Å². The van der Waals surface area contributed by atoms with Crippen LogP contribution in [-0.4, -0.2) is 16.1 Å². The first-order valence-electron chi connectivity index (χ1n) is 5.60. The molecule has 0 atom stereocenters. The fourth-order valence-corrected chi connectivity index (χ4v) is 3.34. The maximum atomic E-state index is 10.6. The molecule has 0 unspecified atom stereocenters.